The molecule has 0 atom stereocenters. The van der Waals surface area contributed by atoms with Crippen LogP contribution in [0.25, 0.3) is 11.0 Å². The molecule has 0 spiro atoms. The molecule has 3 aromatic rings. The maximum Gasteiger partial charge on any atom is 0.371 e. The van der Waals surface area contributed by atoms with E-state index >= 15 is 0 Å². The molecule has 6 heteroatoms. The van der Waals surface area contributed by atoms with Gasteiger partial charge in [-0.2, -0.15) is 0 Å². The van der Waals surface area contributed by atoms with Gasteiger partial charge in [0.1, 0.15) is 11.3 Å². The monoisotopic (exact) mass is 286 g/mol. The first kappa shape index (κ1) is 13.4. The number of furan rings is 1. The molecule has 1 aromatic carbocycles. The first-order chi connectivity index (χ1) is 10.1. The highest BCUT2D eigenvalue weighted by Crippen LogP contribution is 2.20. The molecule has 0 saturated carbocycles. The van der Waals surface area contributed by atoms with Crippen LogP contribution in [0.15, 0.2) is 39.3 Å². The highest BCUT2D eigenvalue weighted by atomic mass is 16.5. The molecule has 0 aliphatic carbocycles. The van der Waals surface area contributed by atoms with Crippen LogP contribution in [0.3, 0.4) is 0 Å². The van der Waals surface area contributed by atoms with Crippen LogP contribution in [0.4, 0.5) is 0 Å². The molecule has 0 radical (unpaired) electrons. The normalized spacial score (nSPS) is 11.1. The number of fused-ring (bicyclic) bond motifs is 1. The van der Waals surface area contributed by atoms with Crippen molar-refractivity contribution in [2.24, 2.45) is 0 Å². The number of rotatable bonds is 5. The molecule has 0 bridgehead atoms. The Balaban J connectivity index is 1.68. The first-order valence-corrected chi connectivity index (χ1v) is 6.50. The Labute approximate surface area is 120 Å². The lowest BCUT2D eigenvalue weighted by atomic mass is 10.1. The van der Waals surface area contributed by atoms with Crippen LogP contribution in [0, 0.1) is 6.92 Å². The molecule has 0 saturated heterocycles. The summed E-state index contributed by atoms with van der Waals surface area (Å²) in [6.45, 7) is 3.11. The molecule has 108 valence electrons. The predicted octanol–water partition coefficient (Wildman–Crippen LogP) is 2.72. The van der Waals surface area contributed by atoms with Gasteiger partial charge in [-0.05, 0) is 30.7 Å². The minimum absolute atomic E-state index is 0.0480. The van der Waals surface area contributed by atoms with Crippen LogP contribution in [0.2, 0.25) is 0 Å². The Bertz CT molecular complexity index is 788. The lowest BCUT2D eigenvalue weighted by Gasteiger charge is -2.02. The number of carbonyl (C=O) groups is 1. The fourth-order valence-electron chi connectivity index (χ4n) is 2.14. The summed E-state index contributed by atoms with van der Waals surface area (Å²) in [6.07, 6.45) is 0. The van der Waals surface area contributed by atoms with Crippen LogP contribution in [0.1, 0.15) is 27.6 Å². The molecular weight excluding hydrogens is 272 g/mol. The summed E-state index contributed by atoms with van der Waals surface area (Å²) in [5, 5.41) is 16.8. The van der Waals surface area contributed by atoms with Crippen molar-refractivity contribution >= 4 is 16.9 Å². The van der Waals surface area contributed by atoms with Gasteiger partial charge in [-0.1, -0.05) is 11.2 Å². The number of benzene rings is 1. The van der Waals surface area contributed by atoms with Crippen molar-refractivity contribution in [3.05, 3.63) is 53.1 Å². The molecule has 0 aliphatic heterocycles. The largest absolute Gasteiger partial charge is 0.475 e. The summed E-state index contributed by atoms with van der Waals surface area (Å²) >= 11 is 0. The third-order valence-corrected chi connectivity index (χ3v) is 3.10. The number of aromatic nitrogens is 1. The minimum atomic E-state index is -1.06. The number of nitrogens with one attached hydrogen (secondary N) is 1. The molecule has 0 fully saturated rings. The molecule has 0 unspecified atom stereocenters. The number of nitrogens with zero attached hydrogens (tertiary/aromatic N) is 1. The number of carboxylic acid groups (broad SMARTS) is 1. The standard InChI is InChI=1S/C15H14N2O4/c1-9-4-12(17-21-9)8-16-7-10-2-3-13-11(5-10)6-14(20-13)15(18)19/h2-6,16H,7-8H2,1H3,(H,18,19). The molecule has 2 N–H and O–H groups in total. The molecule has 0 aliphatic rings. The van der Waals surface area contributed by atoms with E-state index in [1.54, 1.807) is 6.07 Å². The second-order valence-corrected chi connectivity index (χ2v) is 4.82. The second-order valence-electron chi connectivity index (χ2n) is 4.82. The summed E-state index contributed by atoms with van der Waals surface area (Å²) in [6, 6.07) is 9.00. The highest BCUT2D eigenvalue weighted by Gasteiger charge is 2.10. The molecule has 2 aromatic heterocycles. The van der Waals surface area contributed by atoms with Gasteiger partial charge in [-0.15, -0.1) is 0 Å². The van der Waals surface area contributed by atoms with Crippen molar-refractivity contribution in [1.82, 2.24) is 10.5 Å². The van der Waals surface area contributed by atoms with Gasteiger partial charge in [0.2, 0.25) is 5.76 Å². The van der Waals surface area contributed by atoms with E-state index < -0.39 is 5.97 Å². The SMILES string of the molecule is Cc1cc(CNCc2ccc3oc(C(=O)O)cc3c2)no1. The first-order valence-electron chi connectivity index (χ1n) is 6.50. The molecule has 3 rings (SSSR count). The van der Waals surface area contributed by atoms with Crippen molar-refractivity contribution in [1.29, 1.82) is 0 Å². The van der Waals surface area contributed by atoms with Gasteiger partial charge in [-0.25, -0.2) is 4.79 Å². The van der Waals surface area contributed by atoms with Crippen LogP contribution in [-0.4, -0.2) is 16.2 Å². The van der Waals surface area contributed by atoms with Crippen molar-refractivity contribution in [2.45, 2.75) is 20.0 Å². The van der Waals surface area contributed by atoms with E-state index in [9.17, 15) is 4.79 Å². The summed E-state index contributed by atoms with van der Waals surface area (Å²) in [7, 11) is 0. The van der Waals surface area contributed by atoms with Crippen LogP contribution < -0.4 is 5.32 Å². The predicted molar refractivity (Wildman–Crippen MR) is 75.0 cm³/mol. The van der Waals surface area contributed by atoms with Crippen LogP contribution in [0.5, 0.6) is 0 Å². The average Bonchev–Trinajstić information content (AvgIpc) is 3.04. The molecule has 6 nitrogen and oxygen atoms in total. The van der Waals surface area contributed by atoms with Gasteiger partial charge in [0.25, 0.3) is 0 Å². The van der Waals surface area contributed by atoms with Crippen LogP contribution in [-0.2, 0) is 13.1 Å². The van der Waals surface area contributed by atoms with Gasteiger partial charge in [-0.3, -0.25) is 0 Å². The Kier molecular flexibility index (Phi) is 3.45. The van der Waals surface area contributed by atoms with E-state index in [1.165, 1.54) is 6.07 Å². The lowest BCUT2D eigenvalue weighted by Crippen LogP contribution is -2.12. The van der Waals surface area contributed by atoms with Gasteiger partial charge in [0.15, 0.2) is 0 Å². The summed E-state index contributed by atoms with van der Waals surface area (Å²) in [4.78, 5) is 10.9. The zero-order valence-corrected chi connectivity index (χ0v) is 11.4. The second kappa shape index (κ2) is 5.41. The fourth-order valence-corrected chi connectivity index (χ4v) is 2.14. The summed E-state index contributed by atoms with van der Waals surface area (Å²) in [5.74, 6) is -0.326. The van der Waals surface area contributed by atoms with Crippen molar-refractivity contribution in [2.75, 3.05) is 0 Å². The molecule has 21 heavy (non-hydrogen) atoms. The molecule has 2 heterocycles. The minimum Gasteiger partial charge on any atom is -0.475 e. The molecular formula is C15H14N2O4. The Morgan fingerprint density at radius 2 is 2.14 bits per heavy atom. The van der Waals surface area contributed by atoms with E-state index in [1.807, 2.05) is 25.1 Å². The Morgan fingerprint density at radius 3 is 2.86 bits per heavy atom. The zero-order chi connectivity index (χ0) is 14.8. The topological polar surface area (TPSA) is 88.5 Å². The quantitative estimate of drug-likeness (QED) is 0.749. The number of aromatic carboxylic acids is 1. The van der Waals surface area contributed by atoms with Gasteiger partial charge < -0.3 is 19.4 Å². The number of carboxylic acids is 1. The summed E-state index contributed by atoms with van der Waals surface area (Å²) in [5.41, 5.74) is 2.47. The highest BCUT2D eigenvalue weighted by molar-refractivity contribution is 5.91. The van der Waals surface area contributed by atoms with Crippen molar-refractivity contribution < 1.29 is 18.8 Å². The van der Waals surface area contributed by atoms with Gasteiger partial charge in [0, 0.05) is 24.5 Å². The number of hydrogen-bond acceptors (Lipinski definition) is 5. The average molecular weight is 286 g/mol. The van der Waals surface area contributed by atoms with Crippen molar-refractivity contribution in [3.8, 4) is 0 Å². The lowest BCUT2D eigenvalue weighted by molar-refractivity contribution is 0.0665. The van der Waals surface area contributed by atoms with Gasteiger partial charge >= 0.3 is 5.97 Å². The van der Waals surface area contributed by atoms with Crippen molar-refractivity contribution in [3.63, 3.8) is 0 Å². The Hall–Kier alpha value is -2.60. The Morgan fingerprint density at radius 1 is 1.29 bits per heavy atom. The van der Waals surface area contributed by atoms with E-state index in [0.29, 0.717) is 18.7 Å². The molecule has 0 amide bonds. The van der Waals surface area contributed by atoms with Gasteiger partial charge in [0.05, 0.1) is 5.69 Å². The van der Waals surface area contributed by atoms with Crippen LogP contribution >= 0.6 is 0 Å². The maximum atomic E-state index is 10.9. The van der Waals surface area contributed by atoms with E-state index in [-0.39, 0.29) is 5.76 Å². The third-order valence-electron chi connectivity index (χ3n) is 3.10. The fraction of sp³-hybridized carbons (Fsp3) is 0.200. The third kappa shape index (κ3) is 2.95. The summed E-state index contributed by atoms with van der Waals surface area (Å²) < 4.78 is 10.2. The smallest absolute Gasteiger partial charge is 0.371 e. The number of aryl methyl sites for hydroxylation is 1. The van der Waals surface area contributed by atoms with E-state index in [4.69, 9.17) is 14.0 Å². The maximum absolute atomic E-state index is 10.9. The van der Waals surface area contributed by atoms with E-state index in [0.717, 1.165) is 22.4 Å². The zero-order valence-electron chi connectivity index (χ0n) is 11.4. The number of hydrogen-bond donors (Lipinski definition) is 2. The van der Waals surface area contributed by atoms with E-state index in [2.05, 4.69) is 10.5 Å².